The van der Waals surface area contributed by atoms with Crippen molar-refractivity contribution < 1.29 is 4.74 Å². The largest absolute Gasteiger partial charge is 0.493 e. The van der Waals surface area contributed by atoms with Crippen LogP contribution in [0.3, 0.4) is 0 Å². The number of hydrogen-bond donors (Lipinski definition) is 1. The number of nitrogens with zero attached hydrogens (tertiary/aromatic N) is 2. The van der Waals surface area contributed by atoms with Gasteiger partial charge in [-0.15, -0.1) is 24.0 Å². The Labute approximate surface area is 151 Å². The molecule has 1 aromatic rings. The quantitative estimate of drug-likeness (QED) is 0.453. The van der Waals surface area contributed by atoms with Gasteiger partial charge in [-0.1, -0.05) is 32.0 Å². The Morgan fingerprint density at radius 2 is 1.95 bits per heavy atom. The minimum Gasteiger partial charge on any atom is -0.493 e. The van der Waals surface area contributed by atoms with Crippen LogP contribution in [0, 0.1) is 5.92 Å². The summed E-state index contributed by atoms with van der Waals surface area (Å²) in [5.74, 6) is 2.49. The van der Waals surface area contributed by atoms with Gasteiger partial charge >= 0.3 is 0 Å². The number of nitrogens with one attached hydrogen (secondary N) is 1. The molecule has 0 unspecified atom stereocenters. The van der Waals surface area contributed by atoms with E-state index in [0.717, 1.165) is 38.0 Å². The van der Waals surface area contributed by atoms with Crippen molar-refractivity contribution in [2.24, 2.45) is 10.9 Å². The highest BCUT2D eigenvalue weighted by molar-refractivity contribution is 14.0. The first-order valence-electron chi connectivity index (χ1n) is 7.87. The summed E-state index contributed by atoms with van der Waals surface area (Å²) < 4.78 is 5.90. The van der Waals surface area contributed by atoms with Crippen molar-refractivity contribution in [1.29, 1.82) is 0 Å². The maximum Gasteiger partial charge on any atom is 0.193 e. The van der Waals surface area contributed by atoms with Crippen molar-refractivity contribution in [2.75, 3.05) is 26.7 Å². The van der Waals surface area contributed by atoms with E-state index in [0.29, 0.717) is 5.92 Å². The second-order valence-electron chi connectivity index (χ2n) is 5.91. The van der Waals surface area contributed by atoms with E-state index in [-0.39, 0.29) is 24.0 Å². The first kappa shape index (κ1) is 19.1. The summed E-state index contributed by atoms with van der Waals surface area (Å²) in [6.07, 6.45) is 2.52. The summed E-state index contributed by atoms with van der Waals surface area (Å²) in [6, 6.07) is 8.23. The van der Waals surface area contributed by atoms with Gasteiger partial charge in [-0.2, -0.15) is 0 Å². The molecular formula is C17H28IN3O. The number of para-hydroxylation sites is 1. The zero-order chi connectivity index (χ0) is 15.1. The molecule has 0 atom stereocenters. The molecule has 0 spiro atoms. The molecule has 0 amide bonds. The lowest BCUT2D eigenvalue weighted by molar-refractivity contribution is 0.268. The van der Waals surface area contributed by atoms with Crippen molar-refractivity contribution >= 4 is 29.9 Å². The number of benzene rings is 1. The topological polar surface area (TPSA) is 36.9 Å². The van der Waals surface area contributed by atoms with E-state index < -0.39 is 0 Å². The van der Waals surface area contributed by atoms with Crippen LogP contribution >= 0.6 is 24.0 Å². The van der Waals surface area contributed by atoms with Gasteiger partial charge in [0.1, 0.15) is 5.75 Å². The van der Waals surface area contributed by atoms with Crippen LogP contribution in [0.2, 0.25) is 0 Å². The molecule has 1 heterocycles. The van der Waals surface area contributed by atoms with Crippen LogP contribution in [-0.4, -0.2) is 37.6 Å². The molecule has 1 N–H and O–H groups in total. The predicted molar refractivity (Wildman–Crippen MR) is 103 cm³/mol. The molecule has 1 aliphatic rings. The number of aliphatic imine (C=N–C) groups is 1. The molecule has 22 heavy (non-hydrogen) atoms. The van der Waals surface area contributed by atoms with E-state index in [2.05, 4.69) is 41.2 Å². The minimum absolute atomic E-state index is 0. The van der Waals surface area contributed by atoms with E-state index in [1.165, 1.54) is 18.4 Å². The summed E-state index contributed by atoms with van der Waals surface area (Å²) in [5, 5.41) is 3.45. The maximum atomic E-state index is 5.90. The van der Waals surface area contributed by atoms with E-state index in [1.807, 2.05) is 19.2 Å². The first-order chi connectivity index (χ1) is 10.2. The van der Waals surface area contributed by atoms with E-state index >= 15 is 0 Å². The summed E-state index contributed by atoms with van der Waals surface area (Å²) in [5.41, 5.74) is 1.18. The molecule has 1 saturated heterocycles. The molecule has 124 valence electrons. The Morgan fingerprint density at radius 1 is 1.27 bits per heavy atom. The highest BCUT2D eigenvalue weighted by Gasteiger charge is 2.15. The van der Waals surface area contributed by atoms with Crippen LogP contribution in [-0.2, 0) is 6.54 Å². The second kappa shape index (κ2) is 9.92. The molecule has 0 aromatic heterocycles. The molecule has 1 fully saturated rings. The van der Waals surface area contributed by atoms with Gasteiger partial charge in [0, 0.05) is 32.2 Å². The second-order valence-corrected chi connectivity index (χ2v) is 5.91. The van der Waals surface area contributed by atoms with Gasteiger partial charge < -0.3 is 15.0 Å². The SMILES string of the molecule is CN=C(NCc1ccccc1OCC(C)C)N1CCCC1.I. The highest BCUT2D eigenvalue weighted by atomic mass is 127. The Kier molecular flexibility index (Phi) is 8.60. The van der Waals surface area contributed by atoms with Crippen molar-refractivity contribution in [3.05, 3.63) is 29.8 Å². The summed E-state index contributed by atoms with van der Waals surface area (Å²) in [4.78, 5) is 6.70. The van der Waals surface area contributed by atoms with Crippen molar-refractivity contribution in [1.82, 2.24) is 10.2 Å². The molecule has 4 nitrogen and oxygen atoms in total. The molecule has 0 bridgehead atoms. The number of rotatable bonds is 5. The van der Waals surface area contributed by atoms with Gasteiger partial charge in [-0.05, 0) is 24.8 Å². The molecular weight excluding hydrogens is 389 g/mol. The van der Waals surface area contributed by atoms with Gasteiger partial charge in [0.05, 0.1) is 6.61 Å². The molecule has 2 rings (SSSR count). The number of ether oxygens (including phenoxy) is 1. The van der Waals surface area contributed by atoms with E-state index in [9.17, 15) is 0 Å². The maximum absolute atomic E-state index is 5.90. The fourth-order valence-corrected chi connectivity index (χ4v) is 2.48. The van der Waals surface area contributed by atoms with Crippen LogP contribution in [0.1, 0.15) is 32.3 Å². The molecule has 0 saturated carbocycles. The van der Waals surface area contributed by atoms with Crippen LogP contribution in [0.5, 0.6) is 5.75 Å². The van der Waals surface area contributed by atoms with Gasteiger partial charge in [-0.25, -0.2) is 0 Å². The molecule has 0 radical (unpaired) electrons. The lowest BCUT2D eigenvalue weighted by atomic mass is 10.2. The lowest BCUT2D eigenvalue weighted by Gasteiger charge is -2.21. The van der Waals surface area contributed by atoms with Crippen LogP contribution < -0.4 is 10.1 Å². The normalized spacial score (nSPS) is 14.9. The zero-order valence-electron chi connectivity index (χ0n) is 13.8. The van der Waals surface area contributed by atoms with E-state index in [1.54, 1.807) is 0 Å². The monoisotopic (exact) mass is 417 g/mol. The molecule has 5 heteroatoms. The number of guanidine groups is 1. The Morgan fingerprint density at radius 3 is 2.59 bits per heavy atom. The summed E-state index contributed by atoms with van der Waals surface area (Å²) in [6.45, 7) is 8.03. The summed E-state index contributed by atoms with van der Waals surface area (Å²) >= 11 is 0. The Hall–Kier alpha value is -0.980. The van der Waals surface area contributed by atoms with Crippen LogP contribution in [0.15, 0.2) is 29.3 Å². The highest BCUT2D eigenvalue weighted by Crippen LogP contribution is 2.19. The first-order valence-corrected chi connectivity index (χ1v) is 7.87. The van der Waals surface area contributed by atoms with Crippen LogP contribution in [0.25, 0.3) is 0 Å². The summed E-state index contributed by atoms with van der Waals surface area (Å²) in [7, 11) is 1.85. The van der Waals surface area contributed by atoms with Gasteiger partial charge in [-0.3, -0.25) is 4.99 Å². The minimum atomic E-state index is 0. The lowest BCUT2D eigenvalue weighted by Crippen LogP contribution is -2.39. The smallest absolute Gasteiger partial charge is 0.193 e. The van der Waals surface area contributed by atoms with Gasteiger partial charge in [0.15, 0.2) is 5.96 Å². The average molecular weight is 417 g/mol. The third-order valence-corrected chi connectivity index (χ3v) is 3.60. The van der Waals surface area contributed by atoms with Gasteiger partial charge in [0.2, 0.25) is 0 Å². The fourth-order valence-electron chi connectivity index (χ4n) is 2.48. The average Bonchev–Trinajstić information content (AvgIpc) is 3.01. The molecule has 0 aliphatic carbocycles. The third-order valence-electron chi connectivity index (χ3n) is 3.60. The number of hydrogen-bond acceptors (Lipinski definition) is 2. The molecule has 1 aromatic carbocycles. The number of halogens is 1. The predicted octanol–water partition coefficient (Wildman–Crippen LogP) is 3.51. The standard InChI is InChI=1S/C17H27N3O.HI/c1-14(2)13-21-16-9-5-4-8-15(16)12-19-17(18-3)20-10-6-7-11-20;/h4-5,8-9,14H,6-7,10-13H2,1-3H3,(H,18,19);1H. The Balaban J connectivity index is 0.00000242. The van der Waals surface area contributed by atoms with Crippen molar-refractivity contribution in [3.8, 4) is 5.75 Å². The van der Waals surface area contributed by atoms with Crippen molar-refractivity contribution in [3.63, 3.8) is 0 Å². The van der Waals surface area contributed by atoms with Gasteiger partial charge in [0.25, 0.3) is 0 Å². The van der Waals surface area contributed by atoms with Crippen molar-refractivity contribution in [2.45, 2.75) is 33.2 Å². The molecule has 1 aliphatic heterocycles. The number of likely N-dealkylation sites (tertiary alicyclic amines) is 1. The Bertz CT molecular complexity index is 471. The zero-order valence-corrected chi connectivity index (χ0v) is 16.2. The van der Waals surface area contributed by atoms with E-state index in [4.69, 9.17) is 4.74 Å². The van der Waals surface area contributed by atoms with Crippen LogP contribution in [0.4, 0.5) is 0 Å². The fraction of sp³-hybridized carbons (Fsp3) is 0.588. The third kappa shape index (κ3) is 5.66.